The predicted molar refractivity (Wildman–Crippen MR) is 95.0 cm³/mol. The van der Waals surface area contributed by atoms with E-state index in [1.54, 1.807) is 11.0 Å². The number of nitrogens with zero attached hydrogens (tertiary/aromatic N) is 4. The van der Waals surface area contributed by atoms with Crippen LogP contribution in [0.4, 0.5) is 0 Å². The van der Waals surface area contributed by atoms with Gasteiger partial charge in [0.25, 0.3) is 5.56 Å². The molecule has 25 heavy (non-hydrogen) atoms. The molecule has 0 radical (unpaired) electrons. The number of fused-ring (bicyclic) bond motifs is 1. The first-order chi connectivity index (χ1) is 12.0. The zero-order chi connectivity index (χ0) is 18.6. The van der Waals surface area contributed by atoms with Gasteiger partial charge in [-0.1, -0.05) is 6.92 Å². The van der Waals surface area contributed by atoms with Crippen LogP contribution in [-0.2, 0) is 18.4 Å². The normalized spacial score (nSPS) is 10.9. The van der Waals surface area contributed by atoms with Crippen LogP contribution in [0.15, 0.2) is 21.9 Å². The zero-order valence-corrected chi connectivity index (χ0v) is 15.1. The molecule has 2 aromatic rings. The fourth-order valence-electron chi connectivity index (χ4n) is 2.67. The molecule has 0 N–H and O–H groups in total. The van der Waals surface area contributed by atoms with Crippen LogP contribution in [0.25, 0.3) is 11.0 Å². The minimum atomic E-state index is -0.571. The van der Waals surface area contributed by atoms with E-state index in [2.05, 4.69) is 4.98 Å². The first-order valence-electron chi connectivity index (χ1n) is 8.45. The number of carbonyl (C=O) groups is 1. The quantitative estimate of drug-likeness (QED) is 0.737. The predicted octanol–water partition coefficient (Wildman–Crippen LogP) is 0.752. The van der Waals surface area contributed by atoms with Gasteiger partial charge in [0.1, 0.15) is 17.7 Å². The molecule has 0 fully saturated rings. The SMILES string of the molecule is CCCOc1ccnc2c1c(=O)n(CC(=O)N(CC)CC)c(=O)n2C. The van der Waals surface area contributed by atoms with Gasteiger partial charge in [0.05, 0.1) is 6.61 Å². The number of likely N-dealkylation sites (N-methyl/N-ethyl adjacent to an activating group) is 1. The topological polar surface area (TPSA) is 86.4 Å². The van der Waals surface area contributed by atoms with Crippen molar-refractivity contribution in [1.29, 1.82) is 0 Å². The molecule has 0 spiro atoms. The third kappa shape index (κ3) is 3.57. The second-order valence-electron chi connectivity index (χ2n) is 5.66. The summed E-state index contributed by atoms with van der Waals surface area (Å²) in [5.74, 6) is 0.0972. The molecule has 0 aliphatic carbocycles. The lowest BCUT2D eigenvalue weighted by Crippen LogP contribution is -2.44. The van der Waals surface area contributed by atoms with Gasteiger partial charge < -0.3 is 9.64 Å². The summed E-state index contributed by atoms with van der Waals surface area (Å²) in [5.41, 5.74) is -0.883. The average molecular weight is 348 g/mol. The minimum Gasteiger partial charge on any atom is -0.493 e. The summed E-state index contributed by atoms with van der Waals surface area (Å²) in [6.45, 7) is 6.84. The van der Waals surface area contributed by atoms with Gasteiger partial charge in [0.2, 0.25) is 5.91 Å². The molecule has 0 aromatic carbocycles. The van der Waals surface area contributed by atoms with Crippen molar-refractivity contribution in [2.24, 2.45) is 7.05 Å². The zero-order valence-electron chi connectivity index (χ0n) is 15.1. The molecule has 0 saturated carbocycles. The van der Waals surface area contributed by atoms with Gasteiger partial charge in [0.15, 0.2) is 5.65 Å². The standard InChI is InChI=1S/C17H24N4O4/c1-5-10-25-12-8-9-18-15-14(12)16(23)21(17(24)19(15)4)11-13(22)20(6-2)7-3/h8-9H,5-7,10-11H2,1-4H3. The lowest BCUT2D eigenvalue weighted by molar-refractivity contribution is -0.131. The van der Waals surface area contributed by atoms with Crippen molar-refractivity contribution in [3.63, 3.8) is 0 Å². The summed E-state index contributed by atoms with van der Waals surface area (Å²) in [6, 6.07) is 1.60. The van der Waals surface area contributed by atoms with Crippen LogP contribution >= 0.6 is 0 Å². The number of amides is 1. The molecule has 0 saturated heterocycles. The number of aryl methyl sites for hydroxylation is 1. The van der Waals surface area contributed by atoms with Gasteiger partial charge >= 0.3 is 5.69 Å². The molecular formula is C17H24N4O4. The number of hydrogen-bond donors (Lipinski definition) is 0. The lowest BCUT2D eigenvalue weighted by Gasteiger charge is -2.19. The Labute approximate surface area is 145 Å². The Morgan fingerprint density at radius 3 is 2.52 bits per heavy atom. The number of carbonyl (C=O) groups excluding carboxylic acids is 1. The van der Waals surface area contributed by atoms with Crippen molar-refractivity contribution in [2.45, 2.75) is 33.7 Å². The van der Waals surface area contributed by atoms with Crippen molar-refractivity contribution < 1.29 is 9.53 Å². The largest absolute Gasteiger partial charge is 0.493 e. The maximum absolute atomic E-state index is 12.9. The second-order valence-corrected chi connectivity index (χ2v) is 5.66. The van der Waals surface area contributed by atoms with Crippen molar-refractivity contribution in [2.75, 3.05) is 19.7 Å². The van der Waals surface area contributed by atoms with Crippen LogP contribution in [0.3, 0.4) is 0 Å². The van der Waals surface area contributed by atoms with E-state index in [1.165, 1.54) is 17.8 Å². The van der Waals surface area contributed by atoms with Gasteiger partial charge in [-0.2, -0.15) is 0 Å². The van der Waals surface area contributed by atoms with E-state index in [1.807, 2.05) is 20.8 Å². The van der Waals surface area contributed by atoms with E-state index in [4.69, 9.17) is 4.74 Å². The summed E-state index contributed by atoms with van der Waals surface area (Å²) in [4.78, 5) is 43.5. The van der Waals surface area contributed by atoms with Crippen LogP contribution in [0.2, 0.25) is 0 Å². The molecule has 0 unspecified atom stereocenters. The number of ether oxygens (including phenoxy) is 1. The highest BCUT2D eigenvalue weighted by atomic mass is 16.5. The molecule has 0 atom stereocenters. The first kappa shape index (κ1) is 18.7. The number of aromatic nitrogens is 3. The maximum Gasteiger partial charge on any atom is 0.332 e. The van der Waals surface area contributed by atoms with Gasteiger partial charge in [0, 0.05) is 26.3 Å². The smallest absolute Gasteiger partial charge is 0.332 e. The van der Waals surface area contributed by atoms with E-state index in [9.17, 15) is 14.4 Å². The summed E-state index contributed by atoms with van der Waals surface area (Å²) in [5, 5.41) is 0.213. The molecule has 2 aromatic heterocycles. The van der Waals surface area contributed by atoms with Crippen LogP contribution in [0, 0.1) is 0 Å². The Morgan fingerprint density at radius 1 is 1.24 bits per heavy atom. The van der Waals surface area contributed by atoms with Gasteiger partial charge in [-0.25, -0.2) is 14.3 Å². The van der Waals surface area contributed by atoms with Gasteiger partial charge in [-0.3, -0.25) is 14.2 Å². The third-order valence-corrected chi connectivity index (χ3v) is 4.06. The Balaban J connectivity index is 2.63. The van der Waals surface area contributed by atoms with E-state index in [0.29, 0.717) is 25.4 Å². The van der Waals surface area contributed by atoms with E-state index < -0.39 is 11.2 Å². The highest BCUT2D eigenvalue weighted by Gasteiger charge is 2.19. The molecule has 0 aliphatic heterocycles. The minimum absolute atomic E-state index is 0.213. The number of hydrogen-bond acceptors (Lipinski definition) is 5. The fourth-order valence-corrected chi connectivity index (χ4v) is 2.67. The second kappa shape index (κ2) is 7.96. The molecular weight excluding hydrogens is 324 g/mol. The fraction of sp³-hybridized carbons (Fsp3) is 0.529. The van der Waals surface area contributed by atoms with Crippen molar-refractivity contribution >= 4 is 16.9 Å². The van der Waals surface area contributed by atoms with E-state index >= 15 is 0 Å². The van der Waals surface area contributed by atoms with Crippen molar-refractivity contribution in [1.82, 2.24) is 19.0 Å². The van der Waals surface area contributed by atoms with Gasteiger partial charge in [-0.05, 0) is 26.3 Å². The van der Waals surface area contributed by atoms with Crippen molar-refractivity contribution in [3.8, 4) is 5.75 Å². The molecule has 2 heterocycles. The molecule has 2 rings (SSSR count). The highest BCUT2D eigenvalue weighted by Crippen LogP contribution is 2.19. The van der Waals surface area contributed by atoms with Crippen LogP contribution < -0.4 is 16.0 Å². The van der Waals surface area contributed by atoms with Crippen molar-refractivity contribution in [3.05, 3.63) is 33.1 Å². The monoisotopic (exact) mass is 348 g/mol. The van der Waals surface area contributed by atoms with Crippen LogP contribution in [0.5, 0.6) is 5.75 Å². The Kier molecular flexibility index (Phi) is 5.95. The summed E-state index contributed by atoms with van der Waals surface area (Å²) < 4.78 is 7.85. The number of rotatable bonds is 7. The molecule has 136 valence electrons. The first-order valence-corrected chi connectivity index (χ1v) is 8.45. The van der Waals surface area contributed by atoms with E-state index in [-0.39, 0.29) is 23.5 Å². The van der Waals surface area contributed by atoms with Crippen LogP contribution in [-0.4, -0.2) is 44.6 Å². The molecule has 8 heteroatoms. The van der Waals surface area contributed by atoms with Gasteiger partial charge in [-0.15, -0.1) is 0 Å². The summed E-state index contributed by atoms with van der Waals surface area (Å²) in [7, 11) is 1.53. The Hall–Kier alpha value is -2.64. The summed E-state index contributed by atoms with van der Waals surface area (Å²) >= 11 is 0. The molecule has 0 bridgehead atoms. The number of pyridine rings is 1. The third-order valence-electron chi connectivity index (χ3n) is 4.06. The van der Waals surface area contributed by atoms with Crippen LogP contribution in [0.1, 0.15) is 27.2 Å². The highest BCUT2D eigenvalue weighted by molar-refractivity contribution is 5.82. The summed E-state index contributed by atoms with van der Waals surface area (Å²) in [6.07, 6.45) is 2.28. The molecule has 8 nitrogen and oxygen atoms in total. The molecule has 1 amide bonds. The Bertz CT molecular complexity index is 881. The maximum atomic E-state index is 12.9. The van der Waals surface area contributed by atoms with E-state index in [0.717, 1.165) is 11.0 Å². The Morgan fingerprint density at radius 2 is 1.92 bits per heavy atom. The lowest BCUT2D eigenvalue weighted by atomic mass is 10.3. The molecule has 0 aliphatic rings. The average Bonchev–Trinajstić information content (AvgIpc) is 2.62.